The van der Waals surface area contributed by atoms with Gasteiger partial charge in [0.25, 0.3) is 5.91 Å². The first-order valence-electron chi connectivity index (χ1n) is 10.0. The lowest BCUT2D eigenvalue weighted by Gasteiger charge is -2.34. The van der Waals surface area contributed by atoms with Crippen LogP contribution in [0.3, 0.4) is 0 Å². The van der Waals surface area contributed by atoms with E-state index in [4.69, 9.17) is 9.15 Å². The third kappa shape index (κ3) is 6.18. The van der Waals surface area contributed by atoms with Gasteiger partial charge in [0.15, 0.2) is 5.76 Å². The number of nitrogens with one attached hydrogen (secondary N) is 1. The van der Waals surface area contributed by atoms with Gasteiger partial charge in [0.2, 0.25) is 23.0 Å². The number of ether oxygens (including phenoxy) is 1. The predicted octanol–water partition coefficient (Wildman–Crippen LogP) is 1.03. The van der Waals surface area contributed by atoms with Gasteiger partial charge in [-0.1, -0.05) is 30.3 Å². The third-order valence-corrected chi connectivity index (χ3v) is 4.96. The van der Waals surface area contributed by atoms with Crippen LogP contribution in [-0.4, -0.2) is 60.2 Å². The number of carbonyl (C=O) groups excluding carboxylic acids is 3. The molecule has 0 spiro atoms. The van der Waals surface area contributed by atoms with Crippen molar-refractivity contribution in [3.63, 3.8) is 0 Å². The smallest absolute Gasteiger partial charge is 0.287 e. The quantitative estimate of drug-likeness (QED) is 0.707. The molecule has 0 atom stereocenters. The molecule has 0 radical (unpaired) electrons. The van der Waals surface area contributed by atoms with Gasteiger partial charge in [-0.2, -0.15) is 0 Å². The summed E-state index contributed by atoms with van der Waals surface area (Å²) in [6, 6.07) is 10.4. The molecular weight excluding hydrogens is 402 g/mol. The summed E-state index contributed by atoms with van der Waals surface area (Å²) in [4.78, 5) is 51.4. The molecule has 9 heteroatoms. The second-order valence-electron chi connectivity index (χ2n) is 7.14. The number of nitrogens with zero attached hydrogens (tertiary/aromatic N) is 2. The number of piperazine rings is 1. The fourth-order valence-electron chi connectivity index (χ4n) is 3.16. The minimum absolute atomic E-state index is 0.00246. The number of carbonyl (C=O) groups is 3. The van der Waals surface area contributed by atoms with Crippen LogP contribution in [0.5, 0.6) is 5.75 Å². The van der Waals surface area contributed by atoms with Crippen LogP contribution in [0.2, 0.25) is 0 Å². The van der Waals surface area contributed by atoms with E-state index in [1.807, 2.05) is 30.3 Å². The summed E-state index contributed by atoms with van der Waals surface area (Å²) in [6.07, 6.45) is 1.23. The van der Waals surface area contributed by atoms with E-state index < -0.39 is 11.3 Å². The summed E-state index contributed by atoms with van der Waals surface area (Å²) in [6.45, 7) is 3.81. The zero-order valence-corrected chi connectivity index (χ0v) is 17.3. The molecule has 3 amide bonds. The Balaban J connectivity index is 1.44. The number of rotatable bonds is 7. The van der Waals surface area contributed by atoms with Crippen molar-refractivity contribution in [2.24, 2.45) is 0 Å². The Bertz CT molecular complexity index is 980. The van der Waals surface area contributed by atoms with E-state index in [-0.39, 0.29) is 42.9 Å². The van der Waals surface area contributed by atoms with Crippen LogP contribution in [0.4, 0.5) is 0 Å². The van der Waals surface area contributed by atoms with E-state index in [0.29, 0.717) is 26.2 Å². The van der Waals surface area contributed by atoms with E-state index in [1.54, 1.807) is 9.80 Å². The lowest BCUT2D eigenvalue weighted by molar-refractivity contribution is -0.138. The molecule has 0 saturated carbocycles. The van der Waals surface area contributed by atoms with Crippen LogP contribution >= 0.6 is 0 Å². The number of hydrogen-bond donors (Lipinski definition) is 1. The summed E-state index contributed by atoms with van der Waals surface area (Å²) in [5.74, 6) is -0.826. The zero-order chi connectivity index (χ0) is 22.2. The highest BCUT2D eigenvalue weighted by Gasteiger charge is 2.22. The Kier molecular flexibility index (Phi) is 7.42. The Morgan fingerprint density at radius 1 is 1.06 bits per heavy atom. The second-order valence-corrected chi connectivity index (χ2v) is 7.14. The molecule has 1 aromatic heterocycles. The average molecular weight is 427 g/mol. The van der Waals surface area contributed by atoms with Crippen molar-refractivity contribution in [3.05, 3.63) is 64.2 Å². The van der Waals surface area contributed by atoms with Crippen LogP contribution in [-0.2, 0) is 16.2 Å². The van der Waals surface area contributed by atoms with Crippen LogP contribution < -0.4 is 15.5 Å². The highest BCUT2D eigenvalue weighted by atomic mass is 16.5. The van der Waals surface area contributed by atoms with Gasteiger partial charge in [0.05, 0.1) is 0 Å². The van der Waals surface area contributed by atoms with Crippen molar-refractivity contribution in [2.45, 2.75) is 20.0 Å². The molecule has 1 aliphatic rings. The van der Waals surface area contributed by atoms with E-state index >= 15 is 0 Å². The summed E-state index contributed by atoms with van der Waals surface area (Å²) in [5.41, 5.74) is 0.433. The lowest BCUT2D eigenvalue weighted by Crippen LogP contribution is -2.50. The summed E-state index contributed by atoms with van der Waals surface area (Å²) in [7, 11) is 0. The maximum Gasteiger partial charge on any atom is 0.287 e. The molecule has 3 rings (SSSR count). The number of hydrogen-bond acceptors (Lipinski definition) is 6. The molecule has 9 nitrogen and oxygen atoms in total. The van der Waals surface area contributed by atoms with Gasteiger partial charge >= 0.3 is 0 Å². The predicted molar refractivity (Wildman–Crippen MR) is 112 cm³/mol. The van der Waals surface area contributed by atoms with Crippen molar-refractivity contribution in [1.82, 2.24) is 15.1 Å². The van der Waals surface area contributed by atoms with Crippen molar-refractivity contribution in [2.75, 3.05) is 32.7 Å². The number of benzene rings is 1. The standard InChI is InChI=1S/C22H25N3O6/c1-16(26)24-9-11-25(12-10-24)21(28)7-8-23-22(29)19-13-18(27)20(15-31-19)30-14-17-5-3-2-4-6-17/h2-6,13,15H,7-12,14H2,1H3,(H,23,29). The molecule has 2 aromatic rings. The highest BCUT2D eigenvalue weighted by molar-refractivity contribution is 5.91. The van der Waals surface area contributed by atoms with Gasteiger partial charge in [0, 0.05) is 52.1 Å². The molecule has 2 heterocycles. The van der Waals surface area contributed by atoms with Gasteiger partial charge in [-0.3, -0.25) is 19.2 Å². The monoisotopic (exact) mass is 427 g/mol. The van der Waals surface area contributed by atoms with Crippen LogP contribution in [0.25, 0.3) is 0 Å². The van der Waals surface area contributed by atoms with Crippen LogP contribution in [0.15, 0.2) is 51.9 Å². The molecule has 1 saturated heterocycles. The van der Waals surface area contributed by atoms with Gasteiger partial charge in [-0.05, 0) is 5.56 Å². The Morgan fingerprint density at radius 3 is 2.39 bits per heavy atom. The van der Waals surface area contributed by atoms with Gasteiger partial charge < -0.3 is 24.3 Å². The SMILES string of the molecule is CC(=O)N1CCN(C(=O)CCNC(=O)c2cc(=O)c(OCc3ccccc3)co2)CC1. The molecule has 1 aliphatic heterocycles. The molecule has 164 valence electrons. The Labute approximate surface area is 179 Å². The summed E-state index contributed by atoms with van der Waals surface area (Å²) >= 11 is 0. The molecule has 1 N–H and O–H groups in total. The molecule has 1 fully saturated rings. The first-order chi connectivity index (χ1) is 14.9. The Morgan fingerprint density at radius 2 is 1.74 bits per heavy atom. The first-order valence-corrected chi connectivity index (χ1v) is 10.0. The topological polar surface area (TPSA) is 109 Å². The maximum atomic E-state index is 12.3. The first kappa shape index (κ1) is 22.1. The van der Waals surface area contributed by atoms with E-state index in [9.17, 15) is 19.2 Å². The lowest BCUT2D eigenvalue weighted by atomic mass is 10.2. The molecular formula is C22H25N3O6. The van der Waals surface area contributed by atoms with E-state index in [2.05, 4.69) is 5.32 Å². The molecule has 0 bridgehead atoms. The summed E-state index contributed by atoms with van der Waals surface area (Å²) < 4.78 is 10.7. The average Bonchev–Trinajstić information content (AvgIpc) is 2.78. The van der Waals surface area contributed by atoms with Gasteiger partial charge in [0.1, 0.15) is 12.9 Å². The Hall–Kier alpha value is -3.62. The van der Waals surface area contributed by atoms with Crippen LogP contribution in [0.1, 0.15) is 29.5 Å². The van der Waals surface area contributed by atoms with Crippen LogP contribution in [0, 0.1) is 0 Å². The second kappa shape index (κ2) is 10.4. The largest absolute Gasteiger partial charge is 0.482 e. The van der Waals surface area contributed by atoms with E-state index in [1.165, 1.54) is 6.92 Å². The number of amides is 3. The fourth-order valence-corrected chi connectivity index (χ4v) is 3.16. The van der Waals surface area contributed by atoms with Crippen molar-refractivity contribution in [3.8, 4) is 5.75 Å². The third-order valence-electron chi connectivity index (χ3n) is 4.96. The minimum atomic E-state index is -0.582. The normalized spacial score (nSPS) is 13.6. The highest BCUT2D eigenvalue weighted by Crippen LogP contribution is 2.09. The summed E-state index contributed by atoms with van der Waals surface area (Å²) in [5, 5.41) is 2.58. The minimum Gasteiger partial charge on any atom is -0.482 e. The fraction of sp³-hybridized carbons (Fsp3) is 0.364. The van der Waals surface area contributed by atoms with Crippen molar-refractivity contribution >= 4 is 17.7 Å². The zero-order valence-electron chi connectivity index (χ0n) is 17.3. The molecule has 0 unspecified atom stereocenters. The molecule has 1 aromatic carbocycles. The maximum absolute atomic E-state index is 12.3. The van der Waals surface area contributed by atoms with Gasteiger partial charge in [-0.25, -0.2) is 0 Å². The van der Waals surface area contributed by atoms with Gasteiger partial charge in [-0.15, -0.1) is 0 Å². The van der Waals surface area contributed by atoms with E-state index in [0.717, 1.165) is 17.9 Å². The molecule has 0 aliphatic carbocycles. The molecule has 31 heavy (non-hydrogen) atoms. The van der Waals surface area contributed by atoms with Crippen molar-refractivity contribution < 1.29 is 23.5 Å². The van der Waals surface area contributed by atoms with Crippen molar-refractivity contribution in [1.29, 1.82) is 0 Å².